The number of aromatic nitrogens is 3. The van der Waals surface area contributed by atoms with Crippen molar-refractivity contribution in [2.75, 3.05) is 5.32 Å². The first-order chi connectivity index (χ1) is 12.5. The van der Waals surface area contributed by atoms with Gasteiger partial charge in [0.15, 0.2) is 5.82 Å². The van der Waals surface area contributed by atoms with Crippen molar-refractivity contribution in [1.29, 1.82) is 0 Å². The maximum atomic E-state index is 13.9. The topological polar surface area (TPSA) is 55.4 Å². The quantitative estimate of drug-likeness (QED) is 0.527. The predicted octanol–water partition coefficient (Wildman–Crippen LogP) is 5.48. The van der Waals surface area contributed by atoms with Crippen LogP contribution in [0.3, 0.4) is 0 Å². The van der Waals surface area contributed by atoms with Crippen molar-refractivity contribution in [3.05, 3.63) is 45.2 Å². The molecule has 8 heteroatoms. The van der Waals surface area contributed by atoms with E-state index >= 15 is 0 Å². The lowest BCUT2D eigenvalue weighted by Crippen LogP contribution is -2.05. The second-order valence-electron chi connectivity index (χ2n) is 6.82. The zero-order chi connectivity index (χ0) is 18.3. The van der Waals surface area contributed by atoms with E-state index in [1.165, 1.54) is 0 Å². The normalized spacial score (nSPS) is 15.5. The number of furan rings is 1. The number of nitrogens with one attached hydrogen (secondary N) is 1. The summed E-state index contributed by atoms with van der Waals surface area (Å²) in [5.41, 5.74) is 2.13. The second kappa shape index (κ2) is 6.85. The Morgan fingerprint density at radius 2 is 2.27 bits per heavy atom. The third-order valence-electron chi connectivity index (χ3n) is 4.92. The fourth-order valence-electron chi connectivity index (χ4n) is 3.27. The van der Waals surface area contributed by atoms with E-state index in [1.54, 1.807) is 10.8 Å². The number of nitrogens with zero attached hydrogens (tertiary/aromatic N) is 3. The summed E-state index contributed by atoms with van der Waals surface area (Å²) in [5.74, 6) is 1.45. The lowest BCUT2D eigenvalue weighted by molar-refractivity contribution is 0.284. The van der Waals surface area contributed by atoms with Crippen molar-refractivity contribution in [1.82, 2.24) is 14.6 Å². The minimum Gasteiger partial charge on any atom is -0.467 e. The van der Waals surface area contributed by atoms with Crippen LogP contribution in [0.4, 0.5) is 10.2 Å². The lowest BCUT2D eigenvalue weighted by Gasteiger charge is -2.07. The molecule has 1 N–H and O–H groups in total. The maximum Gasteiger partial charge on any atom is 0.243 e. The molecule has 26 heavy (non-hydrogen) atoms. The van der Waals surface area contributed by atoms with Gasteiger partial charge in [0.1, 0.15) is 21.5 Å². The average molecular weight is 442 g/mol. The molecular formula is C18H19BrClFN4O. The molecule has 4 rings (SSSR count). The number of hydrogen-bond acceptors (Lipinski definition) is 4. The van der Waals surface area contributed by atoms with Crippen LogP contribution < -0.4 is 5.32 Å². The number of aryl methyl sites for hydroxylation is 1. The molecule has 0 aromatic carbocycles. The molecule has 0 atom stereocenters. The molecule has 1 saturated carbocycles. The molecule has 3 heterocycles. The second-order valence-corrected chi connectivity index (χ2v) is 7.91. The molecule has 0 radical (unpaired) electrons. The lowest BCUT2D eigenvalue weighted by atomic mass is 10.0. The summed E-state index contributed by atoms with van der Waals surface area (Å²) in [4.78, 5) is 4.35. The molecule has 5 nitrogen and oxygen atoms in total. The van der Waals surface area contributed by atoms with Crippen LogP contribution in [0.2, 0.25) is 5.28 Å². The molecule has 1 aliphatic rings. The zero-order valence-corrected chi connectivity index (χ0v) is 16.7. The van der Waals surface area contributed by atoms with Gasteiger partial charge in [-0.3, -0.25) is 0 Å². The van der Waals surface area contributed by atoms with Gasteiger partial charge in [-0.1, -0.05) is 0 Å². The summed E-state index contributed by atoms with van der Waals surface area (Å²) in [5, 5.41) is 7.74. The Labute approximate surface area is 164 Å². The zero-order valence-electron chi connectivity index (χ0n) is 14.4. The van der Waals surface area contributed by atoms with E-state index in [-0.39, 0.29) is 5.28 Å². The molecule has 3 aromatic rings. The molecule has 138 valence electrons. The molecule has 0 aliphatic heterocycles. The van der Waals surface area contributed by atoms with Gasteiger partial charge in [0.25, 0.3) is 0 Å². The van der Waals surface area contributed by atoms with Crippen molar-refractivity contribution in [3.63, 3.8) is 0 Å². The highest BCUT2D eigenvalue weighted by Gasteiger charge is 2.42. The number of anilines is 1. The smallest absolute Gasteiger partial charge is 0.243 e. The minimum absolute atomic E-state index is 0.155. The molecule has 0 spiro atoms. The highest BCUT2D eigenvalue weighted by molar-refractivity contribution is 9.10. The number of rotatable bonds is 7. The molecule has 1 fully saturated rings. The number of halogens is 3. The number of fused-ring (bicyclic) bond motifs is 1. The van der Waals surface area contributed by atoms with Crippen LogP contribution in [-0.4, -0.2) is 20.3 Å². The van der Waals surface area contributed by atoms with E-state index in [2.05, 4.69) is 31.3 Å². The van der Waals surface area contributed by atoms with Crippen LogP contribution in [0.15, 0.2) is 27.4 Å². The first-order valence-corrected chi connectivity index (χ1v) is 9.82. The molecule has 1 aliphatic carbocycles. The third kappa shape index (κ3) is 3.47. The third-order valence-corrected chi connectivity index (χ3v) is 5.89. The Bertz CT molecular complexity index is 937. The van der Waals surface area contributed by atoms with Gasteiger partial charge in [-0.2, -0.15) is 4.98 Å². The van der Waals surface area contributed by atoms with Gasteiger partial charge in [0.05, 0.1) is 12.8 Å². The molecule has 0 amide bonds. The molecule has 3 aromatic heterocycles. The summed E-state index contributed by atoms with van der Waals surface area (Å²) in [6.45, 7) is 2.53. The van der Waals surface area contributed by atoms with Gasteiger partial charge >= 0.3 is 0 Å². The Kier molecular flexibility index (Phi) is 4.69. The Morgan fingerprint density at radius 3 is 2.96 bits per heavy atom. The largest absolute Gasteiger partial charge is 0.467 e. The van der Waals surface area contributed by atoms with Gasteiger partial charge in [-0.15, -0.1) is 5.10 Å². The summed E-state index contributed by atoms with van der Waals surface area (Å²) < 4.78 is 21.8. The predicted molar refractivity (Wildman–Crippen MR) is 102 cm³/mol. The van der Waals surface area contributed by atoms with Crippen LogP contribution in [-0.2, 0) is 13.0 Å². The standard InChI is InChI=1S/C18H19BrClFN4O/c1-11-13(5-2-6-18(21)7-8-18)15(19)25-14(11)16(23-17(20)24-25)22-10-12-4-3-9-26-12/h3-4,9H,2,5-8,10H2,1H3,(H,22,23,24). The Morgan fingerprint density at radius 1 is 1.46 bits per heavy atom. The van der Waals surface area contributed by atoms with Crippen molar-refractivity contribution < 1.29 is 8.81 Å². The number of hydrogen-bond donors (Lipinski definition) is 1. The van der Waals surface area contributed by atoms with Crippen molar-refractivity contribution in [2.24, 2.45) is 0 Å². The number of alkyl halides is 1. The van der Waals surface area contributed by atoms with Crippen molar-refractivity contribution in [2.45, 2.75) is 51.2 Å². The highest BCUT2D eigenvalue weighted by Crippen LogP contribution is 2.44. The van der Waals surface area contributed by atoms with Gasteiger partial charge in [-0.05, 0) is 89.8 Å². The van der Waals surface area contributed by atoms with Crippen LogP contribution >= 0.6 is 27.5 Å². The monoisotopic (exact) mass is 440 g/mol. The van der Waals surface area contributed by atoms with Gasteiger partial charge in [-0.25, -0.2) is 8.91 Å². The van der Waals surface area contributed by atoms with Crippen molar-refractivity contribution >= 4 is 38.9 Å². The van der Waals surface area contributed by atoms with E-state index in [1.807, 2.05) is 19.1 Å². The van der Waals surface area contributed by atoms with Gasteiger partial charge < -0.3 is 9.73 Å². The first-order valence-electron chi connectivity index (χ1n) is 8.65. The molecule has 0 bridgehead atoms. The first kappa shape index (κ1) is 17.8. The van der Waals surface area contributed by atoms with Crippen LogP contribution in [0.5, 0.6) is 0 Å². The fraction of sp³-hybridized carbons (Fsp3) is 0.444. The molecular weight excluding hydrogens is 423 g/mol. The van der Waals surface area contributed by atoms with Crippen LogP contribution in [0, 0.1) is 6.92 Å². The van der Waals surface area contributed by atoms with Gasteiger partial charge in [0, 0.05) is 0 Å². The van der Waals surface area contributed by atoms with E-state index in [0.717, 1.165) is 39.8 Å². The maximum absolute atomic E-state index is 13.9. The summed E-state index contributed by atoms with van der Waals surface area (Å²) in [7, 11) is 0. The molecule has 0 unspecified atom stereocenters. The highest BCUT2D eigenvalue weighted by atomic mass is 79.9. The van der Waals surface area contributed by atoms with Crippen LogP contribution in [0.1, 0.15) is 42.6 Å². The van der Waals surface area contributed by atoms with E-state index in [0.29, 0.717) is 31.6 Å². The average Bonchev–Trinajstić information content (AvgIpc) is 3.04. The fourth-order valence-corrected chi connectivity index (χ4v) is 4.18. The SMILES string of the molecule is Cc1c(CCCC2(F)CC2)c(Br)n2nc(Cl)nc(NCc3ccco3)c12. The molecule has 0 saturated heterocycles. The summed E-state index contributed by atoms with van der Waals surface area (Å²) in [6.07, 6.45) is 5.24. The Balaban J connectivity index is 1.62. The van der Waals surface area contributed by atoms with E-state index < -0.39 is 5.67 Å². The summed E-state index contributed by atoms with van der Waals surface area (Å²) >= 11 is 9.74. The minimum atomic E-state index is -0.918. The Hall–Kier alpha value is -1.60. The van der Waals surface area contributed by atoms with E-state index in [9.17, 15) is 4.39 Å². The van der Waals surface area contributed by atoms with Crippen molar-refractivity contribution in [3.8, 4) is 0 Å². The van der Waals surface area contributed by atoms with Gasteiger partial charge in [0.2, 0.25) is 5.28 Å². The van der Waals surface area contributed by atoms with E-state index in [4.69, 9.17) is 16.0 Å². The van der Waals surface area contributed by atoms with Crippen LogP contribution in [0.25, 0.3) is 5.52 Å². The summed E-state index contributed by atoms with van der Waals surface area (Å²) in [6, 6.07) is 3.73.